The molecular weight excluding hydrogens is 212 g/mol. The van der Waals surface area contributed by atoms with Crippen molar-refractivity contribution >= 4 is 17.3 Å². The van der Waals surface area contributed by atoms with Gasteiger partial charge in [0.05, 0.1) is 0 Å². The highest BCUT2D eigenvalue weighted by Crippen LogP contribution is 2.54. The SMILES string of the molecule is Cc1ccc(NC(=O)C2CC3CC3C2)cc1N. The Morgan fingerprint density at radius 2 is 2.00 bits per heavy atom. The monoisotopic (exact) mass is 230 g/mol. The molecule has 1 aromatic rings. The second-order valence-corrected chi connectivity index (χ2v) is 5.48. The van der Waals surface area contributed by atoms with Crippen LogP contribution in [0.4, 0.5) is 11.4 Å². The van der Waals surface area contributed by atoms with Crippen LogP contribution >= 0.6 is 0 Å². The first-order valence-corrected chi connectivity index (χ1v) is 6.30. The summed E-state index contributed by atoms with van der Waals surface area (Å²) in [5, 5.41) is 2.97. The third kappa shape index (κ3) is 2.02. The number of fused-ring (bicyclic) bond motifs is 1. The van der Waals surface area contributed by atoms with Crippen molar-refractivity contribution in [2.75, 3.05) is 11.1 Å². The number of hydrogen-bond acceptors (Lipinski definition) is 2. The molecular formula is C14H18N2O. The van der Waals surface area contributed by atoms with Crippen LogP contribution in [-0.4, -0.2) is 5.91 Å². The molecule has 0 bridgehead atoms. The molecule has 1 amide bonds. The van der Waals surface area contributed by atoms with Gasteiger partial charge in [-0.3, -0.25) is 4.79 Å². The Kier molecular flexibility index (Phi) is 2.35. The summed E-state index contributed by atoms with van der Waals surface area (Å²) >= 11 is 0. The first-order chi connectivity index (χ1) is 8.13. The van der Waals surface area contributed by atoms with Gasteiger partial charge in [0.25, 0.3) is 0 Å². The number of nitrogens with two attached hydrogens (primary N) is 1. The van der Waals surface area contributed by atoms with Gasteiger partial charge in [-0.05, 0) is 55.7 Å². The van der Waals surface area contributed by atoms with Crippen molar-refractivity contribution in [2.45, 2.75) is 26.2 Å². The van der Waals surface area contributed by atoms with Crippen molar-refractivity contribution in [1.29, 1.82) is 0 Å². The molecule has 2 atom stereocenters. The van der Waals surface area contributed by atoms with E-state index >= 15 is 0 Å². The molecule has 2 fully saturated rings. The van der Waals surface area contributed by atoms with Crippen molar-refractivity contribution in [1.82, 2.24) is 0 Å². The lowest BCUT2D eigenvalue weighted by Crippen LogP contribution is -2.21. The molecule has 3 nitrogen and oxygen atoms in total. The fraction of sp³-hybridized carbons (Fsp3) is 0.500. The molecule has 2 aliphatic carbocycles. The fourth-order valence-corrected chi connectivity index (χ4v) is 2.89. The zero-order chi connectivity index (χ0) is 12.0. The average Bonchev–Trinajstić information content (AvgIpc) is 2.91. The number of carbonyl (C=O) groups excluding carboxylic acids is 1. The van der Waals surface area contributed by atoms with E-state index in [1.807, 2.05) is 25.1 Å². The van der Waals surface area contributed by atoms with E-state index < -0.39 is 0 Å². The summed E-state index contributed by atoms with van der Waals surface area (Å²) < 4.78 is 0. The summed E-state index contributed by atoms with van der Waals surface area (Å²) in [6.45, 7) is 1.96. The lowest BCUT2D eigenvalue weighted by molar-refractivity contribution is -0.120. The normalized spacial score (nSPS) is 29.8. The molecule has 3 rings (SSSR count). The molecule has 2 saturated carbocycles. The lowest BCUT2D eigenvalue weighted by Gasteiger charge is -2.13. The molecule has 0 aliphatic heterocycles. The second kappa shape index (κ2) is 3.76. The van der Waals surface area contributed by atoms with Crippen molar-refractivity contribution in [3.05, 3.63) is 23.8 Å². The maximum atomic E-state index is 12.0. The van der Waals surface area contributed by atoms with Gasteiger partial charge in [-0.25, -0.2) is 0 Å². The molecule has 3 N–H and O–H groups in total. The van der Waals surface area contributed by atoms with Gasteiger partial charge in [-0.2, -0.15) is 0 Å². The number of anilines is 2. The molecule has 1 aromatic carbocycles. The van der Waals surface area contributed by atoms with E-state index in [0.29, 0.717) is 0 Å². The first-order valence-electron chi connectivity index (χ1n) is 6.30. The average molecular weight is 230 g/mol. The van der Waals surface area contributed by atoms with Crippen molar-refractivity contribution in [3.63, 3.8) is 0 Å². The molecule has 0 saturated heterocycles. The van der Waals surface area contributed by atoms with Crippen LogP contribution in [0.2, 0.25) is 0 Å². The van der Waals surface area contributed by atoms with Crippen LogP contribution in [0, 0.1) is 24.7 Å². The molecule has 0 radical (unpaired) electrons. The fourth-order valence-electron chi connectivity index (χ4n) is 2.89. The Labute approximate surface area is 101 Å². The maximum absolute atomic E-state index is 12.0. The quantitative estimate of drug-likeness (QED) is 0.767. The molecule has 0 spiro atoms. The molecule has 17 heavy (non-hydrogen) atoms. The minimum Gasteiger partial charge on any atom is -0.398 e. The number of carbonyl (C=O) groups is 1. The highest BCUT2D eigenvalue weighted by molar-refractivity contribution is 5.93. The number of hydrogen-bond donors (Lipinski definition) is 2. The predicted octanol–water partition coefficient (Wildman–Crippen LogP) is 2.56. The van der Waals surface area contributed by atoms with Gasteiger partial charge < -0.3 is 11.1 Å². The second-order valence-electron chi connectivity index (χ2n) is 5.48. The number of nitrogen functional groups attached to an aromatic ring is 1. The number of benzene rings is 1. The topological polar surface area (TPSA) is 55.1 Å². The van der Waals surface area contributed by atoms with Crippen LogP contribution < -0.4 is 11.1 Å². The largest absolute Gasteiger partial charge is 0.398 e. The number of nitrogens with one attached hydrogen (secondary N) is 1. The van der Waals surface area contributed by atoms with Gasteiger partial charge in [0.15, 0.2) is 0 Å². The first kappa shape index (κ1) is 10.6. The maximum Gasteiger partial charge on any atom is 0.227 e. The van der Waals surface area contributed by atoms with Crippen molar-refractivity contribution in [2.24, 2.45) is 17.8 Å². The van der Waals surface area contributed by atoms with E-state index in [1.54, 1.807) is 0 Å². The summed E-state index contributed by atoms with van der Waals surface area (Å²) in [4.78, 5) is 12.0. The Hall–Kier alpha value is -1.51. The zero-order valence-corrected chi connectivity index (χ0v) is 10.1. The van der Waals surface area contributed by atoms with E-state index in [0.717, 1.165) is 41.6 Å². The van der Waals surface area contributed by atoms with E-state index in [-0.39, 0.29) is 11.8 Å². The Morgan fingerprint density at radius 1 is 1.29 bits per heavy atom. The van der Waals surface area contributed by atoms with Crippen molar-refractivity contribution < 1.29 is 4.79 Å². The third-order valence-electron chi connectivity index (χ3n) is 4.16. The number of aryl methyl sites for hydroxylation is 1. The highest BCUT2D eigenvalue weighted by Gasteiger charge is 2.47. The van der Waals surface area contributed by atoms with Crippen LogP contribution in [0.1, 0.15) is 24.8 Å². The van der Waals surface area contributed by atoms with Crippen LogP contribution in [-0.2, 0) is 4.79 Å². The van der Waals surface area contributed by atoms with Crippen LogP contribution in [0.15, 0.2) is 18.2 Å². The number of rotatable bonds is 2. The Bertz CT molecular complexity index is 459. The molecule has 3 heteroatoms. The van der Waals surface area contributed by atoms with Crippen LogP contribution in [0.25, 0.3) is 0 Å². The summed E-state index contributed by atoms with van der Waals surface area (Å²) in [5.41, 5.74) is 8.43. The van der Waals surface area contributed by atoms with Crippen LogP contribution in [0.5, 0.6) is 0 Å². The summed E-state index contributed by atoms with van der Waals surface area (Å²) in [5.74, 6) is 2.07. The van der Waals surface area contributed by atoms with Gasteiger partial charge in [0, 0.05) is 17.3 Å². The molecule has 90 valence electrons. The smallest absolute Gasteiger partial charge is 0.227 e. The van der Waals surface area contributed by atoms with Gasteiger partial charge >= 0.3 is 0 Å². The van der Waals surface area contributed by atoms with Crippen LogP contribution in [0.3, 0.4) is 0 Å². The minimum atomic E-state index is 0.167. The molecule has 0 aromatic heterocycles. The Morgan fingerprint density at radius 3 is 2.65 bits per heavy atom. The minimum absolute atomic E-state index is 0.167. The third-order valence-corrected chi connectivity index (χ3v) is 4.16. The zero-order valence-electron chi connectivity index (χ0n) is 10.1. The standard InChI is InChI=1S/C14H18N2O/c1-8-2-3-12(7-13(8)15)16-14(17)11-5-9-4-10(9)6-11/h2-3,7,9-11H,4-6,15H2,1H3,(H,16,17). The summed E-state index contributed by atoms with van der Waals surface area (Å²) in [7, 11) is 0. The Balaban J connectivity index is 1.65. The molecule has 2 unspecified atom stereocenters. The van der Waals surface area contributed by atoms with Gasteiger partial charge in [0.2, 0.25) is 5.91 Å². The predicted molar refractivity (Wildman–Crippen MR) is 68.5 cm³/mol. The van der Waals surface area contributed by atoms with E-state index in [1.165, 1.54) is 6.42 Å². The van der Waals surface area contributed by atoms with E-state index in [2.05, 4.69) is 5.32 Å². The van der Waals surface area contributed by atoms with Gasteiger partial charge in [-0.1, -0.05) is 6.07 Å². The van der Waals surface area contributed by atoms with Gasteiger partial charge in [-0.15, -0.1) is 0 Å². The summed E-state index contributed by atoms with van der Waals surface area (Å²) in [6.07, 6.45) is 3.51. The number of amides is 1. The summed E-state index contributed by atoms with van der Waals surface area (Å²) in [6, 6.07) is 5.69. The van der Waals surface area contributed by atoms with E-state index in [4.69, 9.17) is 5.73 Å². The lowest BCUT2D eigenvalue weighted by atomic mass is 10.0. The van der Waals surface area contributed by atoms with Crippen molar-refractivity contribution in [3.8, 4) is 0 Å². The molecule has 2 aliphatic rings. The van der Waals surface area contributed by atoms with Gasteiger partial charge in [0.1, 0.15) is 0 Å². The van der Waals surface area contributed by atoms with E-state index in [9.17, 15) is 4.79 Å². The highest BCUT2D eigenvalue weighted by atomic mass is 16.1. The molecule has 0 heterocycles.